The summed E-state index contributed by atoms with van der Waals surface area (Å²) in [4.78, 5) is 18.9. The van der Waals surface area contributed by atoms with Gasteiger partial charge in [-0.2, -0.15) is 10.2 Å². The molecule has 2 fully saturated rings. The molecule has 2 aliphatic rings. The van der Waals surface area contributed by atoms with Gasteiger partial charge in [0.2, 0.25) is 0 Å². The lowest BCUT2D eigenvalue weighted by Gasteiger charge is -2.31. The maximum atomic E-state index is 12.7. The number of aromatic nitrogens is 5. The predicted molar refractivity (Wildman–Crippen MR) is 85.5 cm³/mol. The molecule has 1 atom stereocenters. The second kappa shape index (κ2) is 6.35. The number of hydrogen-bond donors (Lipinski definition) is 2. The fourth-order valence-corrected chi connectivity index (χ4v) is 3.00. The van der Waals surface area contributed by atoms with Crippen LogP contribution in [0.2, 0.25) is 0 Å². The second-order valence-corrected chi connectivity index (χ2v) is 6.48. The molecule has 1 saturated carbocycles. The Balaban J connectivity index is 1.44. The third kappa shape index (κ3) is 3.06. The van der Waals surface area contributed by atoms with Gasteiger partial charge in [-0.3, -0.25) is 15.0 Å². The van der Waals surface area contributed by atoms with Crippen LogP contribution in [-0.2, 0) is 11.2 Å². The third-order valence-electron chi connectivity index (χ3n) is 4.51. The summed E-state index contributed by atoms with van der Waals surface area (Å²) in [6.45, 7) is 3.59. The SMILES string of the molecule is CCCc1nc([C@H]2CN(C(=O)c3cc(C4CC4)[nH]n3)CCO2)n[nH]1. The highest BCUT2D eigenvalue weighted by molar-refractivity contribution is 5.92. The molecule has 24 heavy (non-hydrogen) atoms. The number of H-pyrrole nitrogens is 2. The van der Waals surface area contributed by atoms with Crippen molar-refractivity contribution in [2.75, 3.05) is 19.7 Å². The Labute approximate surface area is 140 Å². The zero-order valence-corrected chi connectivity index (χ0v) is 13.8. The molecule has 8 nitrogen and oxygen atoms in total. The summed E-state index contributed by atoms with van der Waals surface area (Å²) in [6.07, 6.45) is 3.94. The number of carbonyl (C=O) groups excluding carboxylic acids is 1. The quantitative estimate of drug-likeness (QED) is 0.867. The van der Waals surface area contributed by atoms with Crippen LogP contribution < -0.4 is 0 Å². The summed E-state index contributed by atoms with van der Waals surface area (Å²) in [6, 6.07) is 1.89. The smallest absolute Gasteiger partial charge is 0.274 e. The van der Waals surface area contributed by atoms with Crippen LogP contribution in [0.5, 0.6) is 0 Å². The average Bonchev–Trinajstić information content (AvgIpc) is 3.15. The molecule has 0 aromatic carbocycles. The third-order valence-corrected chi connectivity index (χ3v) is 4.51. The number of nitrogens with zero attached hydrogens (tertiary/aromatic N) is 4. The summed E-state index contributed by atoms with van der Waals surface area (Å²) in [5, 5.41) is 14.4. The highest BCUT2D eigenvalue weighted by Crippen LogP contribution is 2.39. The van der Waals surface area contributed by atoms with E-state index in [4.69, 9.17) is 4.74 Å². The molecule has 4 rings (SSSR count). The molecule has 2 N–H and O–H groups in total. The van der Waals surface area contributed by atoms with Gasteiger partial charge in [0.1, 0.15) is 17.6 Å². The van der Waals surface area contributed by atoms with E-state index in [1.54, 1.807) is 4.90 Å². The monoisotopic (exact) mass is 330 g/mol. The molecular formula is C16H22N6O2. The lowest BCUT2D eigenvalue weighted by atomic mass is 10.2. The average molecular weight is 330 g/mol. The van der Waals surface area contributed by atoms with E-state index in [0.29, 0.717) is 37.1 Å². The van der Waals surface area contributed by atoms with Crippen molar-refractivity contribution in [2.24, 2.45) is 0 Å². The van der Waals surface area contributed by atoms with E-state index in [1.165, 1.54) is 12.8 Å². The number of ether oxygens (including phenoxy) is 1. The maximum absolute atomic E-state index is 12.7. The van der Waals surface area contributed by atoms with E-state index >= 15 is 0 Å². The molecule has 1 amide bonds. The molecule has 3 heterocycles. The fraction of sp³-hybridized carbons (Fsp3) is 0.625. The Morgan fingerprint density at radius 3 is 3.04 bits per heavy atom. The van der Waals surface area contributed by atoms with E-state index in [0.717, 1.165) is 24.4 Å². The van der Waals surface area contributed by atoms with Crippen LogP contribution in [0.1, 0.15) is 66.0 Å². The van der Waals surface area contributed by atoms with Gasteiger partial charge in [0.15, 0.2) is 5.82 Å². The first kappa shape index (κ1) is 15.3. The van der Waals surface area contributed by atoms with Gasteiger partial charge in [-0.25, -0.2) is 4.98 Å². The Bertz CT molecular complexity index is 720. The van der Waals surface area contributed by atoms with Crippen molar-refractivity contribution in [3.63, 3.8) is 0 Å². The first-order valence-corrected chi connectivity index (χ1v) is 8.62. The lowest BCUT2D eigenvalue weighted by Crippen LogP contribution is -2.42. The van der Waals surface area contributed by atoms with E-state index in [1.807, 2.05) is 6.07 Å². The van der Waals surface area contributed by atoms with Crippen LogP contribution in [0.3, 0.4) is 0 Å². The van der Waals surface area contributed by atoms with Gasteiger partial charge in [-0.15, -0.1) is 0 Å². The summed E-state index contributed by atoms with van der Waals surface area (Å²) in [5.41, 5.74) is 1.56. The van der Waals surface area contributed by atoms with Crippen molar-refractivity contribution >= 4 is 5.91 Å². The summed E-state index contributed by atoms with van der Waals surface area (Å²) >= 11 is 0. The van der Waals surface area contributed by atoms with Gasteiger partial charge in [-0.05, 0) is 25.3 Å². The van der Waals surface area contributed by atoms with Crippen LogP contribution in [0, 0.1) is 0 Å². The van der Waals surface area contributed by atoms with E-state index in [2.05, 4.69) is 32.3 Å². The number of amides is 1. The zero-order chi connectivity index (χ0) is 16.5. The molecule has 0 unspecified atom stereocenters. The standard InChI is InChI=1S/C16H22N6O2/c1-2-3-14-17-15(21-20-14)13-9-22(6-7-24-13)16(23)12-8-11(18-19-12)10-4-5-10/h8,10,13H,2-7,9H2,1H3,(H,18,19)(H,17,20,21)/t13-/m1/s1. The number of aryl methyl sites for hydroxylation is 1. The van der Waals surface area contributed by atoms with Gasteiger partial charge in [0, 0.05) is 24.6 Å². The molecule has 1 aliphatic carbocycles. The minimum absolute atomic E-state index is 0.0595. The van der Waals surface area contributed by atoms with Crippen LogP contribution in [0.15, 0.2) is 6.07 Å². The van der Waals surface area contributed by atoms with Gasteiger partial charge in [-0.1, -0.05) is 6.92 Å². The van der Waals surface area contributed by atoms with Crippen molar-refractivity contribution in [1.29, 1.82) is 0 Å². The topological polar surface area (TPSA) is 99.8 Å². The normalized spacial score (nSPS) is 21.2. The van der Waals surface area contributed by atoms with Crippen molar-refractivity contribution < 1.29 is 9.53 Å². The summed E-state index contributed by atoms with van der Waals surface area (Å²) in [5.74, 6) is 1.98. The minimum Gasteiger partial charge on any atom is -0.366 e. The van der Waals surface area contributed by atoms with Crippen LogP contribution in [0.25, 0.3) is 0 Å². The Hall–Kier alpha value is -2.22. The zero-order valence-electron chi connectivity index (χ0n) is 13.8. The second-order valence-electron chi connectivity index (χ2n) is 6.48. The number of carbonyl (C=O) groups is 1. The highest BCUT2D eigenvalue weighted by Gasteiger charge is 2.31. The van der Waals surface area contributed by atoms with Gasteiger partial charge < -0.3 is 9.64 Å². The molecule has 0 spiro atoms. The molecular weight excluding hydrogens is 308 g/mol. The van der Waals surface area contributed by atoms with E-state index < -0.39 is 0 Å². The molecule has 2 aromatic rings. The van der Waals surface area contributed by atoms with Gasteiger partial charge in [0.05, 0.1) is 13.2 Å². The lowest BCUT2D eigenvalue weighted by molar-refractivity contribution is -0.0268. The van der Waals surface area contributed by atoms with Gasteiger partial charge in [0.25, 0.3) is 5.91 Å². The van der Waals surface area contributed by atoms with Crippen molar-refractivity contribution in [3.05, 3.63) is 29.1 Å². The summed E-state index contributed by atoms with van der Waals surface area (Å²) in [7, 11) is 0. The van der Waals surface area contributed by atoms with Crippen LogP contribution in [-0.4, -0.2) is 55.9 Å². The van der Waals surface area contributed by atoms with Crippen molar-refractivity contribution in [3.8, 4) is 0 Å². The molecule has 8 heteroatoms. The maximum Gasteiger partial charge on any atom is 0.274 e. The van der Waals surface area contributed by atoms with Crippen molar-refractivity contribution in [1.82, 2.24) is 30.3 Å². The number of aromatic amines is 2. The number of hydrogen-bond acceptors (Lipinski definition) is 5. The number of nitrogens with one attached hydrogen (secondary N) is 2. The van der Waals surface area contributed by atoms with Crippen LogP contribution >= 0.6 is 0 Å². The number of morpholine rings is 1. The summed E-state index contributed by atoms with van der Waals surface area (Å²) < 4.78 is 5.76. The minimum atomic E-state index is -0.286. The molecule has 1 saturated heterocycles. The Kier molecular flexibility index (Phi) is 4.05. The Morgan fingerprint density at radius 2 is 2.25 bits per heavy atom. The highest BCUT2D eigenvalue weighted by atomic mass is 16.5. The van der Waals surface area contributed by atoms with Crippen molar-refractivity contribution in [2.45, 2.75) is 44.6 Å². The fourth-order valence-electron chi connectivity index (χ4n) is 3.00. The largest absolute Gasteiger partial charge is 0.366 e. The molecule has 1 aliphatic heterocycles. The predicted octanol–water partition coefficient (Wildman–Crippen LogP) is 1.57. The van der Waals surface area contributed by atoms with Gasteiger partial charge >= 0.3 is 0 Å². The first-order valence-electron chi connectivity index (χ1n) is 8.62. The Morgan fingerprint density at radius 1 is 1.38 bits per heavy atom. The van der Waals surface area contributed by atoms with E-state index in [9.17, 15) is 4.79 Å². The van der Waals surface area contributed by atoms with Crippen LogP contribution in [0.4, 0.5) is 0 Å². The number of rotatable bonds is 5. The first-order chi connectivity index (χ1) is 11.7. The molecule has 128 valence electrons. The molecule has 0 radical (unpaired) electrons. The molecule has 2 aromatic heterocycles. The van der Waals surface area contributed by atoms with E-state index in [-0.39, 0.29) is 12.0 Å². The molecule has 0 bridgehead atoms.